The molecule has 0 spiro atoms. The zero-order valence-electron chi connectivity index (χ0n) is 10.5. The Bertz CT molecular complexity index is 485. The van der Waals surface area contributed by atoms with E-state index in [-0.39, 0.29) is 10.6 Å². The van der Waals surface area contributed by atoms with Gasteiger partial charge in [0.15, 0.2) is 9.84 Å². The Morgan fingerprint density at radius 2 is 1.89 bits per heavy atom. The Hall–Kier alpha value is -0.750. The molecule has 0 heterocycles. The van der Waals surface area contributed by atoms with Crippen LogP contribution in [0, 0.1) is 0 Å². The largest absolute Gasteiger partial charge is 0.497 e. The number of methoxy groups -OCH3 is 2. The standard InChI is InChI=1S/C12H17BrO4S/c1-16-10-5-6-12(11(9-10)17-2)18(14,15)8-4-3-7-13/h5-6,9H,3-4,7-8H2,1-2H3. The molecule has 18 heavy (non-hydrogen) atoms. The smallest absolute Gasteiger partial charge is 0.182 e. The number of hydrogen-bond donors (Lipinski definition) is 0. The Labute approximate surface area is 116 Å². The van der Waals surface area contributed by atoms with Crippen LogP contribution < -0.4 is 9.47 Å². The van der Waals surface area contributed by atoms with Gasteiger partial charge in [-0.2, -0.15) is 0 Å². The highest BCUT2D eigenvalue weighted by Crippen LogP contribution is 2.29. The highest BCUT2D eigenvalue weighted by molar-refractivity contribution is 9.09. The van der Waals surface area contributed by atoms with Crippen LogP contribution in [0.1, 0.15) is 12.8 Å². The van der Waals surface area contributed by atoms with Crippen LogP contribution in [0.25, 0.3) is 0 Å². The third-order valence-corrected chi connectivity index (χ3v) is 4.90. The molecule has 0 saturated heterocycles. The number of sulfone groups is 1. The second kappa shape index (κ2) is 6.99. The number of ether oxygens (including phenoxy) is 2. The number of alkyl halides is 1. The van der Waals surface area contributed by atoms with E-state index in [2.05, 4.69) is 15.9 Å². The van der Waals surface area contributed by atoms with Crippen LogP contribution in [0.15, 0.2) is 23.1 Å². The summed E-state index contributed by atoms with van der Waals surface area (Å²) in [4.78, 5) is 0.223. The fraction of sp³-hybridized carbons (Fsp3) is 0.500. The van der Waals surface area contributed by atoms with Gasteiger partial charge in [-0.1, -0.05) is 15.9 Å². The Balaban J connectivity index is 3.00. The first-order valence-corrected chi connectivity index (χ1v) is 8.33. The van der Waals surface area contributed by atoms with Gasteiger partial charge in [0.2, 0.25) is 0 Å². The fourth-order valence-corrected chi connectivity index (χ4v) is 3.45. The van der Waals surface area contributed by atoms with E-state index in [9.17, 15) is 8.42 Å². The van der Waals surface area contributed by atoms with Crippen molar-refractivity contribution in [3.63, 3.8) is 0 Å². The summed E-state index contributed by atoms with van der Waals surface area (Å²) in [6.45, 7) is 0. The van der Waals surface area contributed by atoms with Crippen molar-refractivity contribution >= 4 is 25.8 Å². The number of hydrogen-bond acceptors (Lipinski definition) is 4. The third-order valence-electron chi connectivity index (χ3n) is 2.50. The summed E-state index contributed by atoms with van der Waals surface area (Å²) in [5, 5.41) is 0.808. The molecule has 1 aromatic rings. The molecule has 4 nitrogen and oxygen atoms in total. The molecule has 0 aliphatic heterocycles. The van der Waals surface area contributed by atoms with Gasteiger partial charge < -0.3 is 9.47 Å². The molecule has 0 fully saturated rings. The molecule has 0 amide bonds. The third kappa shape index (κ3) is 3.88. The first-order chi connectivity index (χ1) is 8.55. The van der Waals surface area contributed by atoms with E-state index in [1.807, 2.05) is 0 Å². The van der Waals surface area contributed by atoms with Crippen LogP contribution in [-0.4, -0.2) is 33.7 Å². The van der Waals surface area contributed by atoms with E-state index in [1.54, 1.807) is 12.1 Å². The average molecular weight is 337 g/mol. The highest BCUT2D eigenvalue weighted by Gasteiger charge is 2.19. The van der Waals surface area contributed by atoms with Crippen molar-refractivity contribution in [2.75, 3.05) is 25.3 Å². The Morgan fingerprint density at radius 1 is 1.17 bits per heavy atom. The van der Waals surface area contributed by atoms with E-state index in [0.717, 1.165) is 11.8 Å². The van der Waals surface area contributed by atoms with Crippen molar-refractivity contribution in [2.45, 2.75) is 17.7 Å². The second-order valence-electron chi connectivity index (χ2n) is 3.73. The summed E-state index contributed by atoms with van der Waals surface area (Å²) in [6.07, 6.45) is 1.46. The lowest BCUT2D eigenvalue weighted by Gasteiger charge is -2.10. The number of benzene rings is 1. The molecule has 1 aromatic carbocycles. The van der Waals surface area contributed by atoms with E-state index < -0.39 is 9.84 Å². The number of halogens is 1. The quantitative estimate of drug-likeness (QED) is 0.567. The van der Waals surface area contributed by atoms with Gasteiger partial charge in [-0.05, 0) is 25.0 Å². The van der Waals surface area contributed by atoms with Crippen molar-refractivity contribution in [3.8, 4) is 11.5 Å². The molecule has 0 saturated carbocycles. The fourth-order valence-electron chi connectivity index (χ4n) is 1.53. The minimum Gasteiger partial charge on any atom is -0.497 e. The number of rotatable bonds is 7. The topological polar surface area (TPSA) is 52.6 Å². The van der Waals surface area contributed by atoms with E-state index >= 15 is 0 Å². The number of unbranched alkanes of at least 4 members (excludes halogenated alkanes) is 1. The van der Waals surface area contributed by atoms with Crippen molar-refractivity contribution < 1.29 is 17.9 Å². The van der Waals surface area contributed by atoms with Crippen molar-refractivity contribution in [1.82, 2.24) is 0 Å². The van der Waals surface area contributed by atoms with E-state index in [4.69, 9.17) is 9.47 Å². The SMILES string of the molecule is COc1ccc(S(=O)(=O)CCCCBr)c(OC)c1. The Morgan fingerprint density at radius 3 is 2.44 bits per heavy atom. The molecule has 0 radical (unpaired) electrons. The average Bonchev–Trinajstić information content (AvgIpc) is 2.38. The molecule has 0 atom stereocenters. The minimum absolute atomic E-state index is 0.126. The van der Waals surface area contributed by atoms with Crippen LogP contribution in [0.5, 0.6) is 11.5 Å². The molecule has 0 aliphatic rings. The maximum absolute atomic E-state index is 12.2. The van der Waals surface area contributed by atoms with Gasteiger partial charge in [0, 0.05) is 11.4 Å². The minimum atomic E-state index is -3.30. The lowest BCUT2D eigenvalue weighted by atomic mass is 10.3. The molecule has 6 heteroatoms. The first kappa shape index (κ1) is 15.3. The molecule has 0 bridgehead atoms. The molecular weight excluding hydrogens is 320 g/mol. The summed E-state index contributed by atoms with van der Waals surface area (Å²) >= 11 is 3.28. The molecule has 102 valence electrons. The normalized spacial score (nSPS) is 11.3. The molecule has 0 unspecified atom stereocenters. The van der Waals surface area contributed by atoms with Crippen molar-refractivity contribution in [3.05, 3.63) is 18.2 Å². The second-order valence-corrected chi connectivity index (χ2v) is 6.60. The van der Waals surface area contributed by atoms with Gasteiger partial charge >= 0.3 is 0 Å². The maximum Gasteiger partial charge on any atom is 0.182 e. The zero-order valence-corrected chi connectivity index (χ0v) is 12.9. The van der Waals surface area contributed by atoms with Gasteiger partial charge in [0.05, 0.1) is 20.0 Å². The van der Waals surface area contributed by atoms with Crippen LogP contribution >= 0.6 is 15.9 Å². The van der Waals surface area contributed by atoms with Crippen molar-refractivity contribution in [2.24, 2.45) is 0 Å². The summed E-state index contributed by atoms with van der Waals surface area (Å²) in [6, 6.07) is 4.73. The van der Waals surface area contributed by atoms with Crippen LogP contribution in [0.2, 0.25) is 0 Å². The Kier molecular flexibility index (Phi) is 5.95. The summed E-state index contributed by atoms with van der Waals surface area (Å²) in [5.41, 5.74) is 0. The molecule has 0 aliphatic carbocycles. The summed E-state index contributed by atoms with van der Waals surface area (Å²) < 4.78 is 34.5. The van der Waals surface area contributed by atoms with Crippen molar-refractivity contribution in [1.29, 1.82) is 0 Å². The van der Waals surface area contributed by atoms with Crippen LogP contribution in [0.4, 0.5) is 0 Å². The maximum atomic E-state index is 12.2. The molecular formula is C12H17BrO4S. The molecule has 0 N–H and O–H groups in total. The van der Waals surface area contributed by atoms with Gasteiger partial charge in [0.25, 0.3) is 0 Å². The van der Waals surface area contributed by atoms with E-state index in [0.29, 0.717) is 17.9 Å². The zero-order chi connectivity index (χ0) is 13.6. The van der Waals surface area contributed by atoms with Gasteiger partial charge in [-0.3, -0.25) is 0 Å². The van der Waals surface area contributed by atoms with Crippen LogP contribution in [0.3, 0.4) is 0 Å². The molecule has 0 aromatic heterocycles. The highest BCUT2D eigenvalue weighted by atomic mass is 79.9. The summed E-state index contributed by atoms with van der Waals surface area (Å²) in [7, 11) is -0.324. The van der Waals surface area contributed by atoms with Gasteiger partial charge in [0.1, 0.15) is 16.4 Å². The molecule has 1 rings (SSSR count). The monoisotopic (exact) mass is 336 g/mol. The summed E-state index contributed by atoms with van der Waals surface area (Å²) in [5.74, 6) is 1.03. The first-order valence-electron chi connectivity index (χ1n) is 5.56. The lowest BCUT2D eigenvalue weighted by molar-refractivity contribution is 0.386. The van der Waals surface area contributed by atoms with Crippen LogP contribution in [-0.2, 0) is 9.84 Å². The lowest BCUT2D eigenvalue weighted by Crippen LogP contribution is -2.08. The van der Waals surface area contributed by atoms with E-state index in [1.165, 1.54) is 20.3 Å². The predicted molar refractivity (Wildman–Crippen MR) is 74.6 cm³/mol. The predicted octanol–water partition coefficient (Wildman–Crippen LogP) is 2.65. The van der Waals surface area contributed by atoms with Gasteiger partial charge in [-0.15, -0.1) is 0 Å². The van der Waals surface area contributed by atoms with Gasteiger partial charge in [-0.25, -0.2) is 8.42 Å².